The molecule has 4 aliphatic heterocycles. The molecular weight excluding hydrogens is 1450 g/mol. The molecule has 107 heavy (non-hydrogen) atoms. The third-order valence-corrected chi connectivity index (χ3v) is 20.9. The van der Waals surface area contributed by atoms with E-state index in [-0.39, 0.29) is 127 Å². The van der Waals surface area contributed by atoms with Gasteiger partial charge in [-0.25, -0.2) is 17.6 Å². The first kappa shape index (κ1) is 84.0. The smallest absolute Gasteiger partial charge is 0.220 e. The minimum absolute atomic E-state index is 0. The van der Waals surface area contributed by atoms with E-state index in [2.05, 4.69) is 21.3 Å². The number of ketones is 4. The molecule has 0 bridgehead atoms. The largest absolute Gasteiger partial charge is 0.497 e. The fourth-order valence-electron chi connectivity index (χ4n) is 14.4. The lowest BCUT2D eigenvalue weighted by Gasteiger charge is -2.32. The Hall–Kier alpha value is -8.62. The summed E-state index contributed by atoms with van der Waals surface area (Å²) in [6.45, 7) is 3.84. The molecule has 4 heterocycles. The van der Waals surface area contributed by atoms with Crippen LogP contribution in [0.2, 0.25) is 20.1 Å². The maximum Gasteiger partial charge on any atom is 0.220 e. The van der Waals surface area contributed by atoms with E-state index in [0.29, 0.717) is 117 Å². The molecule has 8 aromatic carbocycles. The standard InChI is InChI=1S/2C21H21ClFNO3.2C21H23ClFNO2.CH4/c2*1-27-17-6-7-18(20(23)10-17)19-11-21(26)24-12-14(19)9-16(25)8-13-2-4-15(22)5-3-13;2*1-26-18-6-7-20(21(23)12-18)19-8-9-24-13-15(19)11-17(25)10-14-2-4-16(22)5-3-14;/h2*2-7,10,14,19H,8-9,11-12H2,1H3,(H,24,26);2*2-7,12,15,19,24H,8-11,13H2,1H3;1H4/t14-,19-;;15-,19?;;/m1.1../s1. The zero-order valence-corrected chi connectivity index (χ0v) is 62.6. The van der Waals surface area contributed by atoms with Crippen molar-refractivity contribution in [2.45, 2.75) is 108 Å². The Morgan fingerprint density at radius 2 is 0.589 bits per heavy atom. The normalized spacial score (nSPS) is 19.5. The van der Waals surface area contributed by atoms with E-state index >= 15 is 0 Å². The number of carbonyl (C=O) groups excluding carboxylic acids is 6. The maximum atomic E-state index is 14.5. The number of benzene rings is 8. The summed E-state index contributed by atoms with van der Waals surface area (Å²) in [7, 11) is 6.00. The molecular formula is C85H92Cl4F4N4O10. The molecule has 22 heteroatoms. The van der Waals surface area contributed by atoms with Crippen LogP contribution < -0.4 is 40.2 Å². The number of hydrogen-bond acceptors (Lipinski definition) is 12. The van der Waals surface area contributed by atoms with E-state index in [1.165, 1.54) is 52.7 Å². The summed E-state index contributed by atoms with van der Waals surface area (Å²) in [4.78, 5) is 74.0. The van der Waals surface area contributed by atoms with Gasteiger partial charge in [-0.15, -0.1) is 0 Å². The van der Waals surface area contributed by atoms with E-state index in [0.717, 1.165) is 61.3 Å². The Bertz CT molecular complexity index is 4020. The summed E-state index contributed by atoms with van der Waals surface area (Å²) in [5.74, 6) is -0.00192. The van der Waals surface area contributed by atoms with E-state index in [1.54, 1.807) is 97.1 Å². The second-order valence-corrected chi connectivity index (χ2v) is 28.9. The monoisotopic (exact) mass is 1540 g/mol. The van der Waals surface area contributed by atoms with Gasteiger partial charge in [-0.05, 0) is 192 Å². The highest BCUT2D eigenvalue weighted by Crippen LogP contribution is 2.40. The highest BCUT2D eigenvalue weighted by atomic mass is 35.5. The number of rotatable bonds is 24. The van der Waals surface area contributed by atoms with Crippen molar-refractivity contribution < 1.29 is 65.3 Å². The molecule has 4 N–H and O–H groups in total. The van der Waals surface area contributed by atoms with Gasteiger partial charge < -0.3 is 40.2 Å². The van der Waals surface area contributed by atoms with Crippen LogP contribution in [0, 0.1) is 46.9 Å². The number of piperidine rings is 4. The van der Waals surface area contributed by atoms with Crippen molar-refractivity contribution in [1.29, 1.82) is 0 Å². The highest BCUT2D eigenvalue weighted by Gasteiger charge is 2.37. The van der Waals surface area contributed by atoms with Gasteiger partial charge in [0.1, 0.15) is 69.4 Å². The average Bonchev–Trinajstić information content (AvgIpc) is 0.834. The third-order valence-electron chi connectivity index (χ3n) is 19.9. The fourth-order valence-corrected chi connectivity index (χ4v) is 14.9. The Morgan fingerprint density at radius 1 is 0.355 bits per heavy atom. The lowest BCUT2D eigenvalue weighted by Crippen LogP contribution is -2.41. The van der Waals surface area contributed by atoms with Crippen LogP contribution in [0.1, 0.15) is 127 Å². The molecule has 0 aliphatic carbocycles. The van der Waals surface area contributed by atoms with Crippen LogP contribution >= 0.6 is 46.4 Å². The van der Waals surface area contributed by atoms with Crippen LogP contribution in [0.3, 0.4) is 0 Å². The zero-order valence-electron chi connectivity index (χ0n) is 59.6. The molecule has 2 amide bonds. The van der Waals surface area contributed by atoms with Crippen LogP contribution in [0.15, 0.2) is 170 Å². The molecule has 5 unspecified atom stereocenters. The lowest BCUT2D eigenvalue weighted by molar-refractivity contribution is -0.126. The molecule has 0 radical (unpaired) electrons. The molecule has 4 saturated heterocycles. The molecule has 14 nitrogen and oxygen atoms in total. The second kappa shape index (κ2) is 41.6. The summed E-state index contributed by atoms with van der Waals surface area (Å²) < 4.78 is 78.4. The highest BCUT2D eigenvalue weighted by molar-refractivity contribution is 6.31. The van der Waals surface area contributed by atoms with Crippen molar-refractivity contribution in [2.75, 3.05) is 67.7 Å². The predicted molar refractivity (Wildman–Crippen MR) is 413 cm³/mol. The molecule has 0 spiro atoms. The zero-order chi connectivity index (χ0) is 75.8. The molecule has 0 aromatic heterocycles. The SMILES string of the molecule is C.COc1ccc(C2CC(=O)NCC2CC(=O)Cc2ccc(Cl)cc2)c(F)c1.COc1ccc(C2CCNCC2CC(=O)Cc2ccc(Cl)cc2)c(F)c1.COc1ccc(C2CCNC[C@H]2CC(=O)Cc2ccc(Cl)cc2)c(F)c1.COc1ccc([C@@H]2CC(=O)NC[C@H]2CC(=O)Cc2ccc(Cl)cc2)c(F)c1. The number of halogens is 8. The van der Waals surface area contributed by atoms with Gasteiger partial charge in [-0.3, -0.25) is 28.8 Å². The molecule has 4 fully saturated rings. The van der Waals surface area contributed by atoms with Crippen molar-refractivity contribution >= 4 is 81.4 Å². The van der Waals surface area contributed by atoms with Gasteiger partial charge in [0.15, 0.2) is 0 Å². The summed E-state index contributed by atoms with van der Waals surface area (Å²) >= 11 is 23.5. The summed E-state index contributed by atoms with van der Waals surface area (Å²) in [6, 6.07) is 48.2. The first-order valence-electron chi connectivity index (χ1n) is 35.4. The van der Waals surface area contributed by atoms with Crippen LogP contribution in [0.4, 0.5) is 17.6 Å². The molecule has 4 aliphatic rings. The Balaban J connectivity index is 0.000000179. The van der Waals surface area contributed by atoms with E-state index < -0.39 is 11.6 Å². The molecule has 568 valence electrons. The minimum Gasteiger partial charge on any atom is -0.497 e. The van der Waals surface area contributed by atoms with Crippen LogP contribution in [-0.2, 0) is 54.5 Å². The number of ether oxygens (including phenoxy) is 4. The number of nitrogens with one attached hydrogen (secondary N) is 4. The van der Waals surface area contributed by atoms with Gasteiger partial charge in [0.25, 0.3) is 0 Å². The molecule has 12 rings (SSSR count). The van der Waals surface area contributed by atoms with Crippen molar-refractivity contribution in [3.63, 3.8) is 0 Å². The topological polar surface area (TPSA) is 187 Å². The Labute approximate surface area is 644 Å². The summed E-state index contributed by atoms with van der Waals surface area (Å²) in [5, 5.41) is 14.8. The van der Waals surface area contributed by atoms with E-state index in [9.17, 15) is 46.3 Å². The maximum absolute atomic E-state index is 14.5. The Morgan fingerprint density at radius 3 is 0.822 bits per heavy atom. The number of Topliss-reactive ketones (excluding diaryl/α,β-unsaturated/α-hetero) is 4. The fraction of sp³-hybridized carbons (Fsp3) is 0.365. The van der Waals surface area contributed by atoms with Crippen molar-refractivity contribution in [3.05, 3.63) is 258 Å². The van der Waals surface area contributed by atoms with Gasteiger partial charge in [-0.1, -0.05) is 127 Å². The van der Waals surface area contributed by atoms with Crippen LogP contribution in [-0.4, -0.2) is 103 Å². The first-order chi connectivity index (χ1) is 51.0. The van der Waals surface area contributed by atoms with Gasteiger partial charge in [0.2, 0.25) is 11.8 Å². The molecule has 0 saturated carbocycles. The number of hydrogen-bond donors (Lipinski definition) is 4. The number of carbonyl (C=O) groups is 6. The lowest BCUT2D eigenvalue weighted by atomic mass is 9.77. The van der Waals surface area contributed by atoms with E-state index in [4.69, 9.17) is 65.4 Å². The first-order valence-corrected chi connectivity index (χ1v) is 36.9. The van der Waals surface area contributed by atoms with Crippen molar-refractivity contribution in [2.24, 2.45) is 23.7 Å². The second-order valence-electron chi connectivity index (χ2n) is 27.2. The van der Waals surface area contributed by atoms with Crippen molar-refractivity contribution in [3.8, 4) is 23.0 Å². The molecule has 8 aromatic rings. The summed E-state index contributed by atoms with van der Waals surface area (Å²) in [5.41, 5.74) is 5.94. The average molecular weight is 1550 g/mol. The van der Waals surface area contributed by atoms with Gasteiger partial charge in [0, 0.05) is 133 Å². The number of methoxy groups -OCH3 is 4. The van der Waals surface area contributed by atoms with Crippen molar-refractivity contribution in [1.82, 2.24) is 21.3 Å². The van der Waals surface area contributed by atoms with Crippen LogP contribution in [0.5, 0.6) is 23.0 Å². The number of amides is 2. The minimum atomic E-state index is -0.413. The molecule has 8 atom stereocenters. The van der Waals surface area contributed by atoms with E-state index in [1.807, 2.05) is 48.5 Å². The third kappa shape index (κ3) is 25.2. The quantitative estimate of drug-likeness (QED) is 0.0420. The van der Waals surface area contributed by atoms with Gasteiger partial charge in [-0.2, -0.15) is 0 Å². The van der Waals surface area contributed by atoms with Gasteiger partial charge >= 0.3 is 0 Å². The predicted octanol–water partition coefficient (Wildman–Crippen LogP) is 17.2. The Kier molecular flexibility index (Phi) is 32.7. The van der Waals surface area contributed by atoms with Gasteiger partial charge in [0.05, 0.1) is 28.4 Å². The summed E-state index contributed by atoms with van der Waals surface area (Å²) in [6.07, 6.45) is 4.75. The van der Waals surface area contributed by atoms with Crippen LogP contribution in [0.25, 0.3) is 0 Å².